The first-order chi connectivity index (χ1) is 7.75. The molecule has 2 unspecified atom stereocenters. The highest BCUT2D eigenvalue weighted by atomic mass is 15.1. The van der Waals surface area contributed by atoms with Gasteiger partial charge in [0.05, 0.1) is 0 Å². The highest BCUT2D eigenvalue weighted by Gasteiger charge is 2.27. The highest BCUT2D eigenvalue weighted by molar-refractivity contribution is 4.83. The van der Waals surface area contributed by atoms with Crippen LogP contribution < -0.4 is 5.32 Å². The van der Waals surface area contributed by atoms with Crippen LogP contribution >= 0.6 is 0 Å². The van der Waals surface area contributed by atoms with Crippen molar-refractivity contribution in [1.29, 1.82) is 0 Å². The Hall–Kier alpha value is -0.0800. The minimum absolute atomic E-state index is 0.764. The third-order valence-electron chi connectivity index (χ3n) is 4.19. The van der Waals surface area contributed by atoms with Gasteiger partial charge >= 0.3 is 0 Å². The Bertz CT molecular complexity index is 201. The molecule has 0 radical (unpaired) electrons. The zero-order chi connectivity index (χ0) is 11.4. The van der Waals surface area contributed by atoms with E-state index in [4.69, 9.17) is 0 Å². The van der Waals surface area contributed by atoms with E-state index in [-0.39, 0.29) is 0 Å². The molecule has 94 valence electrons. The zero-order valence-electron chi connectivity index (χ0n) is 11.0. The van der Waals surface area contributed by atoms with Crippen LogP contribution in [0.25, 0.3) is 0 Å². The summed E-state index contributed by atoms with van der Waals surface area (Å²) in [7, 11) is 0. The molecule has 2 atom stereocenters. The van der Waals surface area contributed by atoms with Gasteiger partial charge in [0.15, 0.2) is 0 Å². The van der Waals surface area contributed by atoms with Crippen LogP contribution in [0.3, 0.4) is 0 Å². The normalized spacial score (nSPS) is 29.2. The second kappa shape index (κ2) is 6.02. The average molecular weight is 224 g/mol. The van der Waals surface area contributed by atoms with Gasteiger partial charge in [-0.25, -0.2) is 0 Å². The van der Waals surface area contributed by atoms with E-state index in [1.807, 2.05) is 0 Å². The fourth-order valence-electron chi connectivity index (χ4n) is 2.89. The minimum Gasteiger partial charge on any atom is -0.314 e. The van der Waals surface area contributed by atoms with Gasteiger partial charge in [0.1, 0.15) is 0 Å². The Morgan fingerprint density at radius 3 is 2.81 bits per heavy atom. The molecule has 2 aliphatic rings. The van der Waals surface area contributed by atoms with Crippen molar-refractivity contribution in [3.63, 3.8) is 0 Å². The Balaban J connectivity index is 1.50. The van der Waals surface area contributed by atoms with Crippen molar-refractivity contribution < 1.29 is 0 Å². The second-order valence-corrected chi connectivity index (χ2v) is 5.98. The number of hydrogen-bond donors (Lipinski definition) is 1. The fourth-order valence-corrected chi connectivity index (χ4v) is 2.89. The molecule has 2 fully saturated rings. The summed E-state index contributed by atoms with van der Waals surface area (Å²) in [6, 6.07) is 0.764. The quantitative estimate of drug-likeness (QED) is 0.697. The van der Waals surface area contributed by atoms with Gasteiger partial charge in [0.25, 0.3) is 0 Å². The smallest absolute Gasteiger partial charge is 0.00670 e. The van der Waals surface area contributed by atoms with Crippen LogP contribution in [0.4, 0.5) is 0 Å². The van der Waals surface area contributed by atoms with E-state index < -0.39 is 0 Å². The topological polar surface area (TPSA) is 15.3 Å². The van der Waals surface area contributed by atoms with Gasteiger partial charge in [-0.1, -0.05) is 6.92 Å². The maximum Gasteiger partial charge on any atom is 0.00670 e. The summed E-state index contributed by atoms with van der Waals surface area (Å²) in [5.41, 5.74) is 0. The first-order valence-electron chi connectivity index (χ1n) is 7.21. The van der Waals surface area contributed by atoms with Crippen LogP contribution in [0, 0.1) is 11.8 Å². The van der Waals surface area contributed by atoms with Crippen LogP contribution in [-0.2, 0) is 0 Å². The van der Waals surface area contributed by atoms with Gasteiger partial charge in [-0.2, -0.15) is 0 Å². The monoisotopic (exact) mass is 224 g/mol. The van der Waals surface area contributed by atoms with E-state index in [0.717, 1.165) is 17.9 Å². The number of hydrogen-bond acceptors (Lipinski definition) is 2. The fraction of sp³-hybridized carbons (Fsp3) is 1.00. The van der Waals surface area contributed by atoms with Crippen molar-refractivity contribution in [3.05, 3.63) is 0 Å². The summed E-state index contributed by atoms with van der Waals surface area (Å²) in [5, 5.41) is 3.67. The molecule has 16 heavy (non-hydrogen) atoms. The minimum atomic E-state index is 0.764. The molecule has 0 aromatic carbocycles. The molecule has 2 rings (SSSR count). The molecule has 0 amide bonds. The molecule has 1 saturated heterocycles. The molecule has 1 aliphatic carbocycles. The molecule has 1 saturated carbocycles. The van der Waals surface area contributed by atoms with Crippen LogP contribution in [-0.4, -0.2) is 37.1 Å². The van der Waals surface area contributed by atoms with Gasteiger partial charge in [-0.05, 0) is 70.5 Å². The van der Waals surface area contributed by atoms with Crippen LogP contribution in [0.1, 0.15) is 46.0 Å². The number of piperidine rings is 1. The molecule has 0 aromatic heterocycles. The van der Waals surface area contributed by atoms with Gasteiger partial charge in [-0.3, -0.25) is 0 Å². The average Bonchev–Trinajstić information content (AvgIpc) is 3.08. The third kappa shape index (κ3) is 4.06. The summed E-state index contributed by atoms with van der Waals surface area (Å²) in [4.78, 5) is 2.65. The summed E-state index contributed by atoms with van der Waals surface area (Å²) >= 11 is 0. The van der Waals surface area contributed by atoms with Gasteiger partial charge in [-0.15, -0.1) is 0 Å². The SMILES string of the molecule is CC1CCCN(CCCNC(C)C2CC2)C1. The molecule has 2 nitrogen and oxygen atoms in total. The van der Waals surface area contributed by atoms with E-state index in [1.165, 1.54) is 58.3 Å². The first kappa shape index (κ1) is 12.4. The van der Waals surface area contributed by atoms with E-state index in [0.29, 0.717) is 0 Å². The summed E-state index contributed by atoms with van der Waals surface area (Å²) in [6.45, 7) is 9.91. The molecule has 1 heterocycles. The Labute approximate surface area is 101 Å². The van der Waals surface area contributed by atoms with E-state index in [2.05, 4.69) is 24.1 Å². The number of rotatable bonds is 6. The van der Waals surface area contributed by atoms with Crippen molar-refractivity contribution in [1.82, 2.24) is 10.2 Å². The van der Waals surface area contributed by atoms with Crippen molar-refractivity contribution >= 4 is 0 Å². The predicted octanol–water partition coefficient (Wildman–Crippen LogP) is 2.50. The number of nitrogens with one attached hydrogen (secondary N) is 1. The lowest BCUT2D eigenvalue weighted by Crippen LogP contribution is -2.37. The third-order valence-corrected chi connectivity index (χ3v) is 4.19. The first-order valence-corrected chi connectivity index (χ1v) is 7.21. The lowest BCUT2D eigenvalue weighted by molar-refractivity contribution is 0.181. The Morgan fingerprint density at radius 2 is 2.12 bits per heavy atom. The zero-order valence-corrected chi connectivity index (χ0v) is 11.0. The molecule has 1 N–H and O–H groups in total. The summed E-state index contributed by atoms with van der Waals surface area (Å²) < 4.78 is 0. The Kier molecular flexibility index (Phi) is 4.66. The number of nitrogens with zero attached hydrogens (tertiary/aromatic N) is 1. The predicted molar refractivity (Wildman–Crippen MR) is 69.6 cm³/mol. The van der Waals surface area contributed by atoms with Crippen molar-refractivity contribution in [2.24, 2.45) is 11.8 Å². The molecule has 0 aromatic rings. The van der Waals surface area contributed by atoms with Crippen molar-refractivity contribution in [2.45, 2.75) is 52.0 Å². The van der Waals surface area contributed by atoms with Crippen LogP contribution in [0.15, 0.2) is 0 Å². The molecule has 0 spiro atoms. The lowest BCUT2D eigenvalue weighted by Gasteiger charge is -2.30. The van der Waals surface area contributed by atoms with Crippen molar-refractivity contribution in [2.75, 3.05) is 26.2 Å². The van der Waals surface area contributed by atoms with E-state index in [9.17, 15) is 0 Å². The highest BCUT2D eigenvalue weighted by Crippen LogP contribution is 2.32. The van der Waals surface area contributed by atoms with Crippen molar-refractivity contribution in [3.8, 4) is 0 Å². The standard InChI is InChI=1S/C14H28N2/c1-12-5-3-9-16(11-12)10-4-8-15-13(2)14-6-7-14/h12-15H,3-11H2,1-2H3. The molecule has 1 aliphatic heterocycles. The summed E-state index contributed by atoms with van der Waals surface area (Å²) in [6.07, 6.45) is 7.08. The maximum atomic E-state index is 3.67. The largest absolute Gasteiger partial charge is 0.314 e. The Morgan fingerprint density at radius 1 is 1.31 bits per heavy atom. The second-order valence-electron chi connectivity index (χ2n) is 5.98. The van der Waals surface area contributed by atoms with Gasteiger partial charge < -0.3 is 10.2 Å². The molecular formula is C14H28N2. The van der Waals surface area contributed by atoms with Crippen LogP contribution in [0.5, 0.6) is 0 Å². The van der Waals surface area contributed by atoms with E-state index in [1.54, 1.807) is 0 Å². The lowest BCUT2D eigenvalue weighted by atomic mass is 10.0. The van der Waals surface area contributed by atoms with Crippen LogP contribution in [0.2, 0.25) is 0 Å². The van der Waals surface area contributed by atoms with E-state index >= 15 is 0 Å². The van der Waals surface area contributed by atoms with Gasteiger partial charge in [0, 0.05) is 12.6 Å². The van der Waals surface area contributed by atoms with Gasteiger partial charge in [0.2, 0.25) is 0 Å². The molecular weight excluding hydrogens is 196 g/mol. The molecule has 2 heteroatoms. The maximum absolute atomic E-state index is 3.67. The number of likely N-dealkylation sites (tertiary alicyclic amines) is 1. The summed E-state index contributed by atoms with van der Waals surface area (Å²) in [5.74, 6) is 1.92. The molecule has 0 bridgehead atoms.